The summed E-state index contributed by atoms with van der Waals surface area (Å²) in [4.78, 5) is 43.7. The van der Waals surface area contributed by atoms with E-state index in [9.17, 15) is 24.6 Å². The van der Waals surface area contributed by atoms with E-state index in [0.717, 1.165) is 11.3 Å². The molecule has 6 rings (SSSR count). The van der Waals surface area contributed by atoms with E-state index in [0.29, 0.717) is 36.6 Å². The zero-order valence-corrected chi connectivity index (χ0v) is 23.4. The Morgan fingerprint density at radius 3 is 2.12 bits per heavy atom. The van der Waals surface area contributed by atoms with E-state index in [1.807, 2.05) is 43.3 Å². The second-order valence-electron chi connectivity index (χ2n) is 11.7. The van der Waals surface area contributed by atoms with Crippen molar-refractivity contribution in [2.24, 2.45) is 11.8 Å². The highest BCUT2D eigenvalue weighted by Gasteiger charge is 2.65. The third-order valence-corrected chi connectivity index (χ3v) is 8.80. The van der Waals surface area contributed by atoms with Gasteiger partial charge in [0.1, 0.15) is 13.2 Å². The first-order valence-corrected chi connectivity index (χ1v) is 14.0. The molecule has 11 nitrogen and oxygen atoms in total. The molecule has 2 N–H and O–H groups in total. The summed E-state index contributed by atoms with van der Waals surface area (Å²) in [7, 11) is 0. The highest BCUT2D eigenvalue weighted by atomic mass is 16.6. The number of rotatable bonds is 7. The van der Waals surface area contributed by atoms with Gasteiger partial charge in [0.25, 0.3) is 5.91 Å². The number of cyclic esters (lactones) is 2. The maximum atomic E-state index is 14.5. The van der Waals surface area contributed by atoms with Crippen molar-refractivity contribution in [2.75, 3.05) is 47.6 Å². The van der Waals surface area contributed by atoms with Gasteiger partial charge in [0.15, 0.2) is 5.60 Å². The zero-order valence-electron chi connectivity index (χ0n) is 23.4. The lowest BCUT2D eigenvalue weighted by Crippen LogP contribution is -2.46. The number of carbonyl (C=O) groups is 3. The van der Waals surface area contributed by atoms with Gasteiger partial charge in [-0.2, -0.15) is 0 Å². The van der Waals surface area contributed by atoms with Crippen molar-refractivity contribution in [2.45, 2.75) is 51.0 Å². The second-order valence-corrected chi connectivity index (χ2v) is 11.7. The van der Waals surface area contributed by atoms with Crippen LogP contribution in [0.15, 0.2) is 42.5 Å². The second kappa shape index (κ2) is 10.0. The predicted molar refractivity (Wildman–Crippen MR) is 149 cm³/mol. The molecule has 4 heterocycles. The van der Waals surface area contributed by atoms with Crippen LogP contribution in [0.3, 0.4) is 0 Å². The first-order valence-electron chi connectivity index (χ1n) is 14.0. The van der Waals surface area contributed by atoms with Gasteiger partial charge >= 0.3 is 12.2 Å². The van der Waals surface area contributed by atoms with Crippen molar-refractivity contribution in [3.63, 3.8) is 0 Å². The molecule has 11 heteroatoms. The normalized spacial score (nSPS) is 27.7. The molecule has 0 saturated carbocycles. The van der Waals surface area contributed by atoms with Gasteiger partial charge in [-0.15, -0.1) is 0 Å². The predicted octanol–water partition coefficient (Wildman–Crippen LogP) is 3.15. The lowest BCUT2D eigenvalue weighted by Gasteiger charge is -2.34. The summed E-state index contributed by atoms with van der Waals surface area (Å²) in [5.74, 6) is -1.14. The third kappa shape index (κ3) is 4.34. The Balaban J connectivity index is 1.40. The molecule has 0 aromatic heterocycles. The van der Waals surface area contributed by atoms with E-state index in [1.165, 1.54) is 4.90 Å². The monoisotopic (exact) mass is 565 g/mol. The topological polar surface area (TPSA) is 129 Å². The van der Waals surface area contributed by atoms with Crippen molar-refractivity contribution in [1.82, 2.24) is 0 Å². The summed E-state index contributed by atoms with van der Waals surface area (Å²) >= 11 is 0. The van der Waals surface area contributed by atoms with Crippen molar-refractivity contribution in [3.8, 4) is 0 Å². The standard InChI is InChI=1S/C30H35N3O8/c1-18-25(29(2,3)38)24(10-13-34)41-30(18)22-16-21(32-12-15-40-28(32)37)8-9-23(22)33(26(30)35)17-19-4-6-20(7-5-19)31-11-14-39-27(31)36/h4-9,16,18,24-25,34,38H,10-15,17H2,1-3H3/t18-,24+,25-,30+/m0/s1. The van der Waals surface area contributed by atoms with E-state index >= 15 is 0 Å². The van der Waals surface area contributed by atoms with Crippen LogP contribution in [0.1, 0.15) is 38.3 Å². The molecule has 4 aliphatic heterocycles. The SMILES string of the molecule is C[C@H]1[C@H](C(C)(C)O)[C@@H](CCO)O[C@]12C(=O)N(Cc1ccc(N3CCOC3=O)cc1)c1ccc(N3CCOC3=O)cc12. The van der Waals surface area contributed by atoms with Gasteiger partial charge in [-0.1, -0.05) is 19.1 Å². The largest absolute Gasteiger partial charge is 0.447 e. The third-order valence-electron chi connectivity index (χ3n) is 8.80. The van der Waals surface area contributed by atoms with E-state index in [-0.39, 0.29) is 38.2 Å². The molecule has 3 amide bonds. The van der Waals surface area contributed by atoms with Crippen LogP contribution in [0.2, 0.25) is 0 Å². The summed E-state index contributed by atoms with van der Waals surface area (Å²) in [5, 5.41) is 21.0. The van der Waals surface area contributed by atoms with Crippen LogP contribution in [-0.2, 0) is 31.2 Å². The summed E-state index contributed by atoms with van der Waals surface area (Å²) in [6.45, 7) is 6.92. The Morgan fingerprint density at radius 1 is 0.951 bits per heavy atom. The van der Waals surface area contributed by atoms with Crippen LogP contribution in [0.4, 0.5) is 26.7 Å². The minimum absolute atomic E-state index is 0.151. The number of amides is 3. The molecule has 0 bridgehead atoms. The number of carbonyl (C=O) groups excluding carboxylic acids is 3. The highest BCUT2D eigenvalue weighted by Crippen LogP contribution is 2.58. The molecule has 2 aromatic rings. The first kappa shape index (κ1) is 27.5. The molecular weight excluding hydrogens is 530 g/mol. The summed E-state index contributed by atoms with van der Waals surface area (Å²) < 4.78 is 16.8. The van der Waals surface area contributed by atoms with Crippen LogP contribution in [0.25, 0.3) is 0 Å². The molecule has 0 unspecified atom stereocenters. The maximum Gasteiger partial charge on any atom is 0.414 e. The Hall–Kier alpha value is -3.67. The molecule has 0 aliphatic carbocycles. The minimum Gasteiger partial charge on any atom is -0.447 e. The molecule has 0 radical (unpaired) electrons. The number of hydrogen-bond acceptors (Lipinski definition) is 8. The average Bonchev–Trinajstić information content (AvgIpc) is 3.68. The van der Waals surface area contributed by atoms with Gasteiger partial charge in [0.05, 0.1) is 37.0 Å². The Kier molecular flexibility index (Phi) is 6.71. The number of aliphatic hydroxyl groups is 2. The summed E-state index contributed by atoms with van der Waals surface area (Å²) in [5.41, 5.74) is 0.849. The number of anilines is 3. The maximum absolute atomic E-state index is 14.5. The number of hydrogen-bond donors (Lipinski definition) is 2. The lowest BCUT2D eigenvalue weighted by molar-refractivity contribution is -0.146. The molecule has 4 aliphatic rings. The fourth-order valence-electron chi connectivity index (χ4n) is 7.01. The van der Waals surface area contributed by atoms with Gasteiger partial charge in [-0.3, -0.25) is 14.6 Å². The average molecular weight is 566 g/mol. The van der Waals surface area contributed by atoms with Gasteiger partial charge in [-0.05, 0) is 56.2 Å². The van der Waals surface area contributed by atoms with E-state index < -0.39 is 35.2 Å². The molecule has 2 aromatic carbocycles. The number of ether oxygens (including phenoxy) is 3. The van der Waals surface area contributed by atoms with Crippen molar-refractivity contribution < 1.29 is 38.8 Å². The van der Waals surface area contributed by atoms with Gasteiger partial charge in [0.2, 0.25) is 0 Å². The van der Waals surface area contributed by atoms with E-state index in [2.05, 4.69) is 0 Å². The number of benzene rings is 2. The molecular formula is C30H35N3O8. The molecule has 218 valence electrons. The fourth-order valence-corrected chi connectivity index (χ4v) is 7.01. The molecule has 3 fully saturated rings. The zero-order chi connectivity index (χ0) is 29.1. The molecule has 1 spiro atoms. The van der Waals surface area contributed by atoms with Crippen LogP contribution >= 0.6 is 0 Å². The number of nitrogens with zero attached hydrogens (tertiary/aromatic N) is 3. The summed E-state index contributed by atoms with van der Waals surface area (Å²) in [6.07, 6.45) is -1.13. The van der Waals surface area contributed by atoms with E-state index in [1.54, 1.807) is 29.7 Å². The molecule has 3 saturated heterocycles. The van der Waals surface area contributed by atoms with Crippen molar-refractivity contribution in [1.29, 1.82) is 0 Å². The van der Waals surface area contributed by atoms with Gasteiger partial charge in [0, 0.05) is 35.4 Å². The fraction of sp³-hybridized carbons (Fsp3) is 0.500. The van der Waals surface area contributed by atoms with E-state index in [4.69, 9.17) is 14.2 Å². The Labute approximate surface area is 238 Å². The summed E-state index contributed by atoms with van der Waals surface area (Å²) in [6, 6.07) is 12.9. The van der Waals surface area contributed by atoms with Gasteiger partial charge < -0.3 is 29.3 Å². The van der Waals surface area contributed by atoms with Crippen LogP contribution in [0.5, 0.6) is 0 Å². The Morgan fingerprint density at radius 2 is 1.56 bits per heavy atom. The van der Waals surface area contributed by atoms with Crippen LogP contribution < -0.4 is 14.7 Å². The first-order chi connectivity index (χ1) is 19.6. The van der Waals surface area contributed by atoms with Crippen LogP contribution in [-0.4, -0.2) is 72.9 Å². The Bertz CT molecular complexity index is 1370. The number of aliphatic hydroxyl groups excluding tert-OH is 1. The quantitative estimate of drug-likeness (QED) is 0.524. The highest BCUT2D eigenvalue weighted by molar-refractivity contribution is 6.08. The number of fused-ring (bicyclic) bond motifs is 2. The van der Waals surface area contributed by atoms with Crippen molar-refractivity contribution in [3.05, 3.63) is 53.6 Å². The van der Waals surface area contributed by atoms with Gasteiger partial charge in [-0.25, -0.2) is 9.59 Å². The smallest absolute Gasteiger partial charge is 0.414 e. The minimum atomic E-state index is -1.42. The molecule has 41 heavy (non-hydrogen) atoms. The van der Waals surface area contributed by atoms with Crippen molar-refractivity contribution >= 4 is 35.2 Å². The van der Waals surface area contributed by atoms with Crippen LogP contribution in [0, 0.1) is 11.8 Å². The lowest BCUT2D eigenvalue weighted by atomic mass is 9.71. The molecule has 4 atom stereocenters.